The maximum atomic E-state index is 14.6. The minimum atomic E-state index is -1.89. The molecule has 1 unspecified atom stereocenters. The molecule has 0 saturated heterocycles. The Bertz CT molecular complexity index is 2590. The predicted molar refractivity (Wildman–Crippen MR) is 292 cm³/mol. The Balaban J connectivity index is 1.42. The molecular formula is C55H71Cl4N5O4S. The zero-order chi connectivity index (χ0) is 50.5. The molecule has 374 valence electrons. The maximum Gasteiger partial charge on any atom is 0.287 e. The molecule has 0 saturated carbocycles. The quantitative estimate of drug-likeness (QED) is 0.0351. The summed E-state index contributed by atoms with van der Waals surface area (Å²) in [6, 6.07) is 21.2. The van der Waals surface area contributed by atoms with Crippen LogP contribution >= 0.6 is 58.2 Å². The Morgan fingerprint density at radius 1 is 0.667 bits per heavy atom. The lowest BCUT2D eigenvalue weighted by molar-refractivity contribution is -0.135. The Hall–Kier alpha value is -3.90. The molecule has 1 atom stereocenters. The standard InChI is InChI=1S/C55H71Cl4N5O4S/c1-9-13-14-15-16-17-18-19-20-21-22-27-47(65)60-38-29-31-41(57)45(35-38)61-50-49(51(66)64(63-50)48-42(58)33-37(56)34-43(48)59)69-46-26-24-23-25-44(46)62-52(67)55(68,12-4)39-30-28-36(53(5,6)10-2)32-40(39)54(7,8)11-3/h23-26,28-35,61,63,68H,9-22,27H2,1-8H3,(H,60,65)(H,62,67). The van der Waals surface area contributed by atoms with Crippen LogP contribution in [0.2, 0.25) is 20.1 Å². The number of hydrogen-bond acceptors (Lipinski definition) is 6. The number of rotatable bonds is 26. The molecule has 1 heterocycles. The van der Waals surface area contributed by atoms with E-state index in [1.165, 1.54) is 68.2 Å². The minimum absolute atomic E-state index is 0.0987. The van der Waals surface area contributed by atoms with E-state index in [1.54, 1.807) is 49.4 Å². The number of hydrogen-bond donors (Lipinski definition) is 5. The average molecular weight is 1040 g/mol. The zero-order valence-corrected chi connectivity index (χ0v) is 45.4. The van der Waals surface area contributed by atoms with Crippen molar-refractivity contribution in [1.82, 2.24) is 9.78 Å². The molecule has 0 bridgehead atoms. The normalized spacial score (nSPS) is 12.8. The fourth-order valence-corrected chi connectivity index (χ4v) is 10.4. The second kappa shape index (κ2) is 25.5. The van der Waals surface area contributed by atoms with Gasteiger partial charge in [0.05, 0.1) is 26.4 Å². The van der Waals surface area contributed by atoms with E-state index in [1.807, 2.05) is 12.1 Å². The molecule has 0 spiro atoms. The highest BCUT2D eigenvalue weighted by Gasteiger charge is 2.41. The number of nitrogens with zero attached hydrogens (tertiary/aromatic N) is 1. The minimum Gasteiger partial charge on any atom is -0.375 e. The van der Waals surface area contributed by atoms with E-state index in [0.717, 1.165) is 55.0 Å². The summed E-state index contributed by atoms with van der Waals surface area (Å²) in [5.41, 5.74) is 1.22. The van der Waals surface area contributed by atoms with Gasteiger partial charge in [-0.25, -0.2) is 4.68 Å². The topological polar surface area (TPSA) is 128 Å². The third-order valence-corrected chi connectivity index (χ3v) is 15.8. The lowest BCUT2D eigenvalue weighted by Crippen LogP contribution is -2.42. The van der Waals surface area contributed by atoms with Gasteiger partial charge in [-0.1, -0.05) is 208 Å². The number of halogens is 4. The van der Waals surface area contributed by atoms with Gasteiger partial charge in [0.2, 0.25) is 5.91 Å². The Labute approximate surface area is 434 Å². The van der Waals surface area contributed by atoms with E-state index in [9.17, 15) is 19.5 Å². The predicted octanol–water partition coefficient (Wildman–Crippen LogP) is 16.9. The van der Waals surface area contributed by atoms with E-state index in [0.29, 0.717) is 44.0 Å². The number of amides is 2. The highest BCUT2D eigenvalue weighted by Crippen LogP contribution is 2.43. The van der Waals surface area contributed by atoms with Crippen LogP contribution in [0.5, 0.6) is 0 Å². The third kappa shape index (κ3) is 14.4. The van der Waals surface area contributed by atoms with Crippen molar-refractivity contribution in [3.63, 3.8) is 0 Å². The highest BCUT2D eigenvalue weighted by molar-refractivity contribution is 7.99. The van der Waals surface area contributed by atoms with Crippen LogP contribution in [-0.4, -0.2) is 26.7 Å². The van der Waals surface area contributed by atoms with Gasteiger partial charge in [-0.05, 0) is 95.7 Å². The van der Waals surface area contributed by atoms with Crippen molar-refractivity contribution in [3.8, 4) is 5.69 Å². The summed E-state index contributed by atoms with van der Waals surface area (Å²) in [5, 5.41) is 25.8. The van der Waals surface area contributed by atoms with Gasteiger partial charge in [-0.2, -0.15) is 0 Å². The van der Waals surface area contributed by atoms with Gasteiger partial charge in [0.1, 0.15) is 16.4 Å². The number of para-hydroxylation sites is 1. The number of carbonyl (C=O) groups is 2. The van der Waals surface area contributed by atoms with Gasteiger partial charge in [0.15, 0.2) is 5.60 Å². The molecule has 9 nitrogen and oxygen atoms in total. The van der Waals surface area contributed by atoms with Crippen LogP contribution in [-0.2, 0) is 26.0 Å². The number of aromatic amines is 1. The summed E-state index contributed by atoms with van der Waals surface area (Å²) in [6.45, 7) is 17.0. The second-order valence-electron chi connectivity index (χ2n) is 19.3. The first kappa shape index (κ1) is 56.0. The lowest BCUT2D eigenvalue weighted by atomic mass is 9.71. The lowest BCUT2D eigenvalue weighted by Gasteiger charge is -2.36. The van der Waals surface area contributed by atoms with Crippen LogP contribution in [0, 0.1) is 0 Å². The van der Waals surface area contributed by atoms with Gasteiger partial charge >= 0.3 is 0 Å². The molecule has 0 aliphatic carbocycles. The Morgan fingerprint density at radius 3 is 1.88 bits per heavy atom. The largest absolute Gasteiger partial charge is 0.375 e. The number of aliphatic hydroxyl groups is 1. The molecule has 5 rings (SSSR count). The van der Waals surface area contributed by atoms with E-state index in [-0.39, 0.29) is 49.6 Å². The monoisotopic (exact) mass is 1040 g/mol. The van der Waals surface area contributed by atoms with Crippen molar-refractivity contribution in [1.29, 1.82) is 0 Å². The second-order valence-corrected chi connectivity index (χ2v) is 22.0. The number of unbranched alkanes of at least 4 members (excludes halogenated alkanes) is 10. The van der Waals surface area contributed by atoms with Crippen molar-refractivity contribution >= 4 is 92.9 Å². The average Bonchev–Trinajstić information content (AvgIpc) is 3.61. The number of benzene rings is 4. The first-order valence-corrected chi connectivity index (χ1v) is 27.0. The van der Waals surface area contributed by atoms with Crippen LogP contribution in [0.1, 0.15) is 168 Å². The van der Waals surface area contributed by atoms with E-state index in [2.05, 4.69) is 75.6 Å². The zero-order valence-electron chi connectivity index (χ0n) is 41.6. The van der Waals surface area contributed by atoms with Crippen LogP contribution in [0.15, 0.2) is 87.4 Å². The van der Waals surface area contributed by atoms with Crippen LogP contribution < -0.4 is 21.5 Å². The van der Waals surface area contributed by atoms with Gasteiger partial charge in [-0.3, -0.25) is 19.5 Å². The molecule has 5 N–H and O–H groups in total. The molecule has 0 radical (unpaired) electrons. The number of aromatic nitrogens is 2. The van der Waals surface area contributed by atoms with Crippen LogP contribution in [0.25, 0.3) is 5.69 Å². The van der Waals surface area contributed by atoms with Gasteiger partial charge < -0.3 is 21.1 Å². The highest BCUT2D eigenvalue weighted by atomic mass is 35.5. The van der Waals surface area contributed by atoms with Gasteiger partial charge in [0.25, 0.3) is 11.5 Å². The maximum absolute atomic E-state index is 14.6. The molecule has 0 aliphatic heterocycles. The summed E-state index contributed by atoms with van der Waals surface area (Å²) in [7, 11) is 0. The van der Waals surface area contributed by atoms with E-state index >= 15 is 0 Å². The SMILES string of the molecule is CCCCCCCCCCCCCC(=O)Nc1ccc(Cl)c(Nc2[nH]n(-c3c(Cl)cc(Cl)cc3Cl)c(=O)c2Sc2ccccc2NC(=O)C(O)(CC)c2ccc(C(C)(C)CC)cc2C(C)(C)CC)c1. The molecule has 4 aromatic carbocycles. The van der Waals surface area contributed by atoms with Crippen molar-refractivity contribution in [3.05, 3.63) is 120 Å². The summed E-state index contributed by atoms with van der Waals surface area (Å²) in [6.07, 6.45) is 15.4. The van der Waals surface area contributed by atoms with Crippen molar-refractivity contribution in [2.45, 2.75) is 178 Å². The third-order valence-electron chi connectivity index (χ3n) is 13.5. The fraction of sp³-hybridized carbons (Fsp3) is 0.473. The van der Waals surface area contributed by atoms with Crippen molar-refractivity contribution in [2.24, 2.45) is 0 Å². The van der Waals surface area contributed by atoms with Crippen LogP contribution in [0.4, 0.5) is 22.9 Å². The number of anilines is 4. The molecule has 0 fully saturated rings. The molecule has 0 aliphatic rings. The number of H-pyrrole nitrogens is 1. The molecular weight excluding hydrogens is 969 g/mol. The molecule has 1 aromatic heterocycles. The van der Waals surface area contributed by atoms with Gasteiger partial charge in [-0.15, -0.1) is 0 Å². The summed E-state index contributed by atoms with van der Waals surface area (Å²) in [5.74, 6) is -0.475. The smallest absolute Gasteiger partial charge is 0.287 e. The fourth-order valence-electron chi connectivity index (χ4n) is 8.26. The van der Waals surface area contributed by atoms with E-state index < -0.39 is 17.1 Å². The van der Waals surface area contributed by atoms with Crippen molar-refractivity contribution in [2.75, 3.05) is 16.0 Å². The first-order chi connectivity index (χ1) is 32.8. The summed E-state index contributed by atoms with van der Waals surface area (Å²) >= 11 is 27.5. The Morgan fingerprint density at radius 2 is 1.28 bits per heavy atom. The van der Waals surface area contributed by atoms with Gasteiger partial charge in [0, 0.05) is 22.0 Å². The van der Waals surface area contributed by atoms with E-state index in [4.69, 9.17) is 46.4 Å². The Kier molecular flexibility index (Phi) is 20.7. The molecule has 2 amide bonds. The molecule has 69 heavy (non-hydrogen) atoms. The molecule has 14 heteroatoms. The summed E-state index contributed by atoms with van der Waals surface area (Å²) in [4.78, 5) is 43.0. The number of carbonyl (C=O) groups excluding carboxylic acids is 2. The van der Waals surface area contributed by atoms with Crippen molar-refractivity contribution < 1.29 is 14.7 Å². The van der Waals surface area contributed by atoms with Crippen LogP contribution in [0.3, 0.4) is 0 Å². The first-order valence-electron chi connectivity index (χ1n) is 24.6. The summed E-state index contributed by atoms with van der Waals surface area (Å²) < 4.78 is 1.22. The molecule has 5 aromatic rings. The number of nitrogens with one attached hydrogen (secondary N) is 4.